The molecule has 202 valence electrons. The van der Waals surface area contributed by atoms with Gasteiger partial charge in [-0.25, -0.2) is 0 Å². The minimum Gasteiger partial charge on any atom is -0.460 e. The van der Waals surface area contributed by atoms with Crippen LogP contribution in [-0.2, 0) is 19.6 Å². The molecule has 0 bridgehead atoms. The van der Waals surface area contributed by atoms with Crippen LogP contribution < -0.4 is 4.74 Å². The summed E-state index contributed by atoms with van der Waals surface area (Å²) in [7, 11) is -4.66. The lowest BCUT2D eigenvalue weighted by Gasteiger charge is -2.39. The Morgan fingerprint density at radius 2 is 1.71 bits per heavy atom. The fraction of sp³-hybridized carbons (Fsp3) is 0.240. The molecule has 1 heterocycles. The van der Waals surface area contributed by atoms with Gasteiger partial charge in [-0.3, -0.25) is 9.35 Å². The van der Waals surface area contributed by atoms with E-state index in [-0.39, 0.29) is 26.9 Å². The van der Waals surface area contributed by atoms with Gasteiger partial charge in [-0.1, -0.05) is 53.5 Å². The molecule has 10 nitrogen and oxygen atoms in total. The van der Waals surface area contributed by atoms with Gasteiger partial charge in [0.2, 0.25) is 6.29 Å². The second-order valence-corrected chi connectivity index (χ2v) is 10.7. The van der Waals surface area contributed by atoms with E-state index in [4.69, 9.17) is 32.7 Å². The Labute approximate surface area is 227 Å². The van der Waals surface area contributed by atoms with E-state index in [0.29, 0.717) is 11.1 Å². The summed E-state index contributed by atoms with van der Waals surface area (Å²) in [5.41, 5.74) is 1.07. The van der Waals surface area contributed by atoms with Gasteiger partial charge in [-0.15, -0.1) is 0 Å². The Balaban J connectivity index is 1.79. The third kappa shape index (κ3) is 5.71. The van der Waals surface area contributed by atoms with Crippen LogP contribution in [0.15, 0.2) is 76.2 Å². The first-order chi connectivity index (χ1) is 17.9. The molecule has 1 aliphatic carbocycles. The zero-order chi connectivity index (χ0) is 27.8. The van der Waals surface area contributed by atoms with Crippen molar-refractivity contribution in [2.24, 2.45) is 0 Å². The van der Waals surface area contributed by atoms with Crippen molar-refractivity contribution >= 4 is 44.7 Å². The molecule has 5 unspecified atom stereocenters. The topological polar surface area (TPSA) is 171 Å². The van der Waals surface area contributed by atoms with Gasteiger partial charge in [-0.2, -0.15) is 8.42 Å². The molecule has 0 amide bonds. The maximum absolute atomic E-state index is 12.1. The fourth-order valence-electron chi connectivity index (χ4n) is 4.07. The van der Waals surface area contributed by atoms with Crippen molar-refractivity contribution in [2.75, 3.05) is 6.61 Å². The highest BCUT2D eigenvalue weighted by Crippen LogP contribution is 2.38. The van der Waals surface area contributed by atoms with Crippen LogP contribution in [-0.4, -0.2) is 76.5 Å². The van der Waals surface area contributed by atoms with Gasteiger partial charge in [-0.05, 0) is 47.1 Å². The van der Waals surface area contributed by atoms with Crippen LogP contribution in [0.1, 0.15) is 11.1 Å². The summed E-state index contributed by atoms with van der Waals surface area (Å²) in [6, 6.07) is 9.97. The van der Waals surface area contributed by atoms with Crippen molar-refractivity contribution < 1.29 is 47.7 Å². The van der Waals surface area contributed by atoms with Crippen LogP contribution in [0.5, 0.6) is 5.75 Å². The van der Waals surface area contributed by atoms with Gasteiger partial charge >= 0.3 is 0 Å². The minimum atomic E-state index is -4.66. The average Bonchev–Trinajstić information content (AvgIpc) is 2.87. The molecule has 13 heteroatoms. The quantitative estimate of drug-likeness (QED) is 0.315. The molecular formula is C25H22Cl2O10S. The summed E-state index contributed by atoms with van der Waals surface area (Å²) in [5, 5.41) is 39.5. The number of hydrogen-bond donors (Lipinski definition) is 5. The second kappa shape index (κ2) is 11.3. The highest BCUT2D eigenvalue weighted by Gasteiger charge is 2.44. The van der Waals surface area contributed by atoms with Crippen LogP contribution in [0.2, 0.25) is 5.02 Å². The number of halogens is 2. The van der Waals surface area contributed by atoms with E-state index in [2.05, 4.69) is 0 Å². The number of carbonyl (C=O) groups excluding carboxylic acids is 1. The van der Waals surface area contributed by atoms with Crippen molar-refractivity contribution in [1.29, 1.82) is 0 Å². The third-order valence-corrected chi connectivity index (χ3v) is 7.47. The van der Waals surface area contributed by atoms with Crippen LogP contribution in [0.4, 0.5) is 0 Å². The summed E-state index contributed by atoms with van der Waals surface area (Å²) < 4.78 is 45.1. The molecule has 2 aromatic carbocycles. The van der Waals surface area contributed by atoms with Crippen LogP contribution in [0.3, 0.4) is 0 Å². The summed E-state index contributed by atoms with van der Waals surface area (Å²) in [6.45, 7) is -0.645. The van der Waals surface area contributed by atoms with Crippen LogP contribution in [0, 0.1) is 0 Å². The molecule has 2 aliphatic rings. The van der Waals surface area contributed by atoms with Crippen molar-refractivity contribution in [2.45, 2.75) is 35.6 Å². The van der Waals surface area contributed by atoms with Gasteiger partial charge in [0.1, 0.15) is 35.1 Å². The SMILES string of the molecule is O=C1C=C/C(=C(\c2ccc(OC3OC(CO)C(O)C(O)C3O)c(Cl)c2)c2ccccc2S(=O)(=O)O)C=C1Cl. The number of benzene rings is 2. The molecular weight excluding hydrogens is 563 g/mol. The Morgan fingerprint density at radius 3 is 2.34 bits per heavy atom. The normalized spacial score (nSPS) is 27.2. The Morgan fingerprint density at radius 1 is 1.00 bits per heavy atom. The van der Waals surface area contributed by atoms with E-state index < -0.39 is 58.1 Å². The highest BCUT2D eigenvalue weighted by atomic mass is 35.5. The van der Waals surface area contributed by atoms with Gasteiger partial charge in [0.05, 0.1) is 16.7 Å². The first-order valence-electron chi connectivity index (χ1n) is 11.1. The monoisotopic (exact) mass is 584 g/mol. The average molecular weight is 585 g/mol. The van der Waals surface area contributed by atoms with Gasteiger partial charge in [0.15, 0.2) is 5.78 Å². The number of ketones is 1. The smallest absolute Gasteiger partial charge is 0.295 e. The van der Waals surface area contributed by atoms with E-state index in [9.17, 15) is 38.2 Å². The predicted octanol–water partition coefficient (Wildman–Crippen LogP) is 1.83. The summed E-state index contributed by atoms with van der Waals surface area (Å²) in [6.07, 6.45) is -3.56. The number of rotatable bonds is 6. The molecule has 5 atom stereocenters. The van der Waals surface area contributed by atoms with Crippen LogP contribution in [0.25, 0.3) is 5.57 Å². The van der Waals surface area contributed by atoms with Gasteiger partial charge in [0, 0.05) is 5.56 Å². The van der Waals surface area contributed by atoms with Crippen molar-refractivity contribution in [3.05, 3.63) is 87.4 Å². The molecule has 2 aromatic rings. The standard InChI is InChI=1S/C25H22Cl2O10S/c26-15-9-12(5-7-17(15)29)21(14-3-1-2-4-20(14)38(33,34)35)13-6-8-18(16(27)10-13)36-25-24(32)23(31)22(30)19(11-28)37-25/h1-10,19,22-25,28,30-32H,11H2,(H,33,34,35)/b21-12-. The minimum absolute atomic E-state index is 0.00454. The molecule has 1 saturated heterocycles. The van der Waals surface area contributed by atoms with Crippen molar-refractivity contribution in [3.63, 3.8) is 0 Å². The molecule has 38 heavy (non-hydrogen) atoms. The molecule has 4 rings (SSSR count). The number of ether oxygens (including phenoxy) is 2. The number of hydrogen-bond acceptors (Lipinski definition) is 9. The highest BCUT2D eigenvalue weighted by molar-refractivity contribution is 7.86. The summed E-state index contributed by atoms with van der Waals surface area (Å²) in [5.74, 6) is -0.450. The van der Waals surface area contributed by atoms with E-state index >= 15 is 0 Å². The zero-order valence-corrected chi connectivity index (χ0v) is 21.6. The van der Waals surface area contributed by atoms with E-state index in [1.807, 2.05) is 0 Å². The van der Waals surface area contributed by atoms with Crippen molar-refractivity contribution in [1.82, 2.24) is 0 Å². The maximum atomic E-state index is 12.1. The largest absolute Gasteiger partial charge is 0.460 e. The molecule has 5 N–H and O–H groups in total. The number of aliphatic hydroxyl groups is 4. The Hall–Kier alpha value is -2.58. The van der Waals surface area contributed by atoms with Gasteiger partial charge < -0.3 is 29.9 Å². The molecule has 1 aliphatic heterocycles. The number of allylic oxidation sites excluding steroid dienone is 5. The molecule has 0 spiro atoms. The Bertz CT molecular complexity index is 1450. The first-order valence-corrected chi connectivity index (χ1v) is 13.3. The lowest BCUT2D eigenvalue weighted by molar-refractivity contribution is -0.277. The second-order valence-electron chi connectivity index (χ2n) is 8.45. The summed E-state index contributed by atoms with van der Waals surface area (Å²) >= 11 is 12.5. The van der Waals surface area contributed by atoms with E-state index in [1.165, 1.54) is 54.6 Å². The van der Waals surface area contributed by atoms with Crippen LogP contribution >= 0.6 is 23.2 Å². The fourth-order valence-corrected chi connectivity index (χ4v) is 5.18. The lowest BCUT2D eigenvalue weighted by Crippen LogP contribution is -2.60. The third-order valence-electron chi connectivity index (χ3n) is 5.97. The molecule has 0 saturated carbocycles. The zero-order valence-electron chi connectivity index (χ0n) is 19.3. The molecule has 1 fully saturated rings. The Kier molecular flexibility index (Phi) is 8.43. The van der Waals surface area contributed by atoms with Gasteiger partial charge in [0.25, 0.3) is 10.1 Å². The molecule has 0 aromatic heterocycles. The van der Waals surface area contributed by atoms with E-state index in [1.54, 1.807) is 6.07 Å². The van der Waals surface area contributed by atoms with Crippen molar-refractivity contribution in [3.8, 4) is 5.75 Å². The van der Waals surface area contributed by atoms with E-state index in [0.717, 1.165) is 0 Å². The lowest BCUT2D eigenvalue weighted by atomic mass is 9.90. The number of carbonyl (C=O) groups is 1. The predicted molar refractivity (Wildman–Crippen MR) is 136 cm³/mol. The molecule has 0 radical (unpaired) electrons. The summed E-state index contributed by atoms with van der Waals surface area (Å²) in [4.78, 5) is 11.5. The maximum Gasteiger partial charge on any atom is 0.295 e. The first kappa shape index (κ1) is 28.4. The number of aliphatic hydroxyl groups excluding tert-OH is 4.